The van der Waals surface area contributed by atoms with E-state index in [-0.39, 0.29) is 24.7 Å². The Morgan fingerprint density at radius 1 is 1.30 bits per heavy atom. The van der Waals surface area contributed by atoms with Crippen LogP contribution in [0, 0.1) is 0 Å². The average molecular weight is 490 g/mol. The number of fused-ring (bicyclic) bond motifs is 1. The zero-order chi connectivity index (χ0) is 23.5. The molecule has 12 heteroatoms. The van der Waals surface area contributed by atoms with Gasteiger partial charge in [-0.2, -0.15) is 0 Å². The van der Waals surface area contributed by atoms with Gasteiger partial charge in [-0.25, -0.2) is 9.86 Å². The first-order chi connectivity index (χ1) is 15.9. The number of aliphatic imine (C=N–C) groups is 1. The Hall–Kier alpha value is -2.80. The summed E-state index contributed by atoms with van der Waals surface area (Å²) in [7, 11) is 0. The molecule has 3 aliphatic rings. The second-order valence-electron chi connectivity index (χ2n) is 7.54. The molecule has 4 rings (SSSR count). The average Bonchev–Trinajstić information content (AvgIpc) is 2.81. The zero-order valence-electron chi connectivity index (χ0n) is 17.5. The van der Waals surface area contributed by atoms with Crippen LogP contribution in [0.2, 0.25) is 0 Å². The Balaban J connectivity index is 1.41. The molecule has 0 saturated carbocycles. The van der Waals surface area contributed by atoms with Crippen LogP contribution in [-0.4, -0.2) is 72.7 Å². The minimum Gasteiger partial charge on any atom is -0.477 e. The molecule has 0 spiro atoms. The van der Waals surface area contributed by atoms with Crippen molar-refractivity contribution in [3.8, 4) is 0 Å². The summed E-state index contributed by atoms with van der Waals surface area (Å²) < 4.78 is 0. The van der Waals surface area contributed by atoms with Crippen LogP contribution < -0.4 is 11.1 Å². The van der Waals surface area contributed by atoms with E-state index in [4.69, 9.17) is 5.73 Å². The molecule has 3 aliphatic heterocycles. The molecule has 1 unspecified atom stereocenters. The summed E-state index contributed by atoms with van der Waals surface area (Å²) in [5.74, 6) is -1.13. The molecule has 0 aromatic heterocycles. The standard InChI is InChI=1S/C21H23N5O5S2/c22-8-13-4-2-1-3-12(13)7-15(27)24-17-19(28)26-18(21(29)30)14(10-33-20(17)26)9-32-16-5-6-25(31)11-23-16/h1-6,17,20,31H,7-11,22H2,(H,24,27)(H,29,30)/t17?,20-/m1/s1. The number of β-lactam (4-membered cyclic amide) rings is 1. The van der Waals surface area contributed by atoms with Crippen LogP contribution in [0.15, 0.2) is 52.8 Å². The number of carbonyl (C=O) groups excluding carboxylic acids is 2. The van der Waals surface area contributed by atoms with E-state index in [1.165, 1.54) is 34.6 Å². The van der Waals surface area contributed by atoms with Crippen LogP contribution in [0.1, 0.15) is 11.1 Å². The number of aliphatic carboxylic acids is 1. The molecule has 0 radical (unpaired) electrons. The van der Waals surface area contributed by atoms with Crippen LogP contribution in [0.4, 0.5) is 0 Å². The maximum Gasteiger partial charge on any atom is 0.352 e. The lowest BCUT2D eigenvalue weighted by Gasteiger charge is -2.49. The lowest BCUT2D eigenvalue weighted by atomic mass is 10.0. The highest BCUT2D eigenvalue weighted by atomic mass is 32.2. The van der Waals surface area contributed by atoms with Gasteiger partial charge in [0.1, 0.15) is 23.8 Å². The number of carboxylic acids is 1. The lowest BCUT2D eigenvalue weighted by molar-refractivity contribution is -0.150. The second kappa shape index (κ2) is 10.00. The molecule has 0 bridgehead atoms. The van der Waals surface area contributed by atoms with E-state index in [1.807, 2.05) is 24.3 Å². The van der Waals surface area contributed by atoms with Crippen LogP contribution >= 0.6 is 23.5 Å². The number of amides is 2. The second-order valence-corrected chi connectivity index (χ2v) is 9.64. The number of nitrogens with zero attached hydrogens (tertiary/aromatic N) is 3. The Morgan fingerprint density at radius 2 is 2.06 bits per heavy atom. The maximum absolute atomic E-state index is 12.8. The number of hydrogen-bond acceptors (Lipinski definition) is 9. The topological polar surface area (TPSA) is 149 Å². The summed E-state index contributed by atoms with van der Waals surface area (Å²) in [5.41, 5.74) is 7.98. The number of hydrogen-bond donors (Lipinski definition) is 4. The SMILES string of the molecule is NCc1ccccc1CC(=O)NC1C(=O)N2C(C(=O)O)=C(CSC3=NCN(O)C=C3)CS[C@H]12. The van der Waals surface area contributed by atoms with E-state index in [9.17, 15) is 24.7 Å². The minimum atomic E-state index is -1.17. The maximum atomic E-state index is 12.8. The first-order valence-corrected chi connectivity index (χ1v) is 12.2. The quantitative estimate of drug-likeness (QED) is 0.407. The molecular formula is C21H23N5O5S2. The smallest absolute Gasteiger partial charge is 0.352 e. The molecule has 10 nitrogen and oxygen atoms in total. The molecule has 1 saturated heterocycles. The number of carbonyl (C=O) groups is 3. The fourth-order valence-electron chi connectivity index (χ4n) is 3.77. The number of nitrogens with two attached hydrogens (primary N) is 1. The van der Waals surface area contributed by atoms with Crippen molar-refractivity contribution in [2.75, 3.05) is 18.2 Å². The number of benzene rings is 1. The summed E-state index contributed by atoms with van der Waals surface area (Å²) in [5, 5.41) is 23.0. The Bertz CT molecular complexity index is 1070. The van der Waals surface area contributed by atoms with Gasteiger partial charge in [0.15, 0.2) is 0 Å². The molecule has 5 N–H and O–H groups in total. The van der Waals surface area contributed by atoms with E-state index in [2.05, 4.69) is 10.3 Å². The van der Waals surface area contributed by atoms with Crippen LogP contribution in [0.3, 0.4) is 0 Å². The third kappa shape index (κ3) is 4.93. The zero-order valence-corrected chi connectivity index (χ0v) is 19.1. The summed E-state index contributed by atoms with van der Waals surface area (Å²) in [6, 6.07) is 6.59. The van der Waals surface area contributed by atoms with Gasteiger partial charge in [-0.15, -0.1) is 23.5 Å². The molecule has 3 heterocycles. The molecule has 0 aliphatic carbocycles. The molecule has 1 aromatic rings. The minimum absolute atomic E-state index is 0.0283. The van der Waals surface area contributed by atoms with E-state index in [0.717, 1.165) is 16.2 Å². The molecule has 2 amide bonds. The highest BCUT2D eigenvalue weighted by molar-refractivity contribution is 8.14. The van der Waals surface area contributed by atoms with E-state index >= 15 is 0 Å². The van der Waals surface area contributed by atoms with Gasteiger partial charge in [-0.3, -0.25) is 24.7 Å². The van der Waals surface area contributed by atoms with Crippen LogP contribution in [-0.2, 0) is 27.3 Å². The molecule has 2 atom stereocenters. The van der Waals surface area contributed by atoms with Crippen molar-refractivity contribution in [3.05, 3.63) is 58.9 Å². The van der Waals surface area contributed by atoms with Gasteiger partial charge >= 0.3 is 5.97 Å². The summed E-state index contributed by atoms with van der Waals surface area (Å²) in [6.45, 7) is 0.425. The first-order valence-electron chi connectivity index (χ1n) is 10.2. The Kier molecular flexibility index (Phi) is 7.08. The number of carboxylic acid groups (broad SMARTS) is 1. The fourth-order valence-corrected chi connectivity index (χ4v) is 6.11. The van der Waals surface area contributed by atoms with Crippen molar-refractivity contribution in [1.82, 2.24) is 15.3 Å². The van der Waals surface area contributed by atoms with Gasteiger partial charge in [-0.05, 0) is 22.8 Å². The highest BCUT2D eigenvalue weighted by Gasteiger charge is 2.54. The van der Waals surface area contributed by atoms with Crippen molar-refractivity contribution in [2.24, 2.45) is 10.7 Å². The third-order valence-corrected chi connectivity index (χ3v) is 7.80. The van der Waals surface area contributed by atoms with E-state index in [1.54, 1.807) is 6.08 Å². The predicted molar refractivity (Wildman–Crippen MR) is 125 cm³/mol. The van der Waals surface area contributed by atoms with Gasteiger partial charge in [0.2, 0.25) is 5.91 Å². The van der Waals surface area contributed by atoms with Gasteiger partial charge in [0, 0.05) is 24.3 Å². The monoisotopic (exact) mass is 489 g/mol. The molecule has 174 valence electrons. The summed E-state index contributed by atoms with van der Waals surface area (Å²) in [6.07, 6.45) is 3.21. The largest absolute Gasteiger partial charge is 0.477 e. The Morgan fingerprint density at radius 3 is 2.73 bits per heavy atom. The fraction of sp³-hybridized carbons (Fsp3) is 0.333. The van der Waals surface area contributed by atoms with Crippen molar-refractivity contribution in [3.63, 3.8) is 0 Å². The number of rotatable bonds is 7. The molecule has 33 heavy (non-hydrogen) atoms. The Labute approximate surface area is 198 Å². The van der Waals surface area contributed by atoms with Gasteiger partial charge in [-0.1, -0.05) is 24.3 Å². The summed E-state index contributed by atoms with van der Waals surface area (Å²) in [4.78, 5) is 42.8. The first kappa shape index (κ1) is 23.4. The number of nitrogens with one attached hydrogen (secondary N) is 1. The van der Waals surface area contributed by atoms with Crippen molar-refractivity contribution < 1.29 is 24.7 Å². The van der Waals surface area contributed by atoms with Crippen molar-refractivity contribution >= 4 is 46.4 Å². The molecular weight excluding hydrogens is 466 g/mol. The van der Waals surface area contributed by atoms with Crippen molar-refractivity contribution in [2.45, 2.75) is 24.4 Å². The number of thioether (sulfide) groups is 2. The number of hydroxylamine groups is 2. The normalized spacial score (nSPS) is 22.0. The van der Waals surface area contributed by atoms with Gasteiger partial charge in [0.25, 0.3) is 5.91 Å². The summed E-state index contributed by atoms with van der Waals surface area (Å²) >= 11 is 2.77. The van der Waals surface area contributed by atoms with E-state index in [0.29, 0.717) is 28.7 Å². The van der Waals surface area contributed by atoms with Gasteiger partial charge in [0.05, 0.1) is 11.5 Å². The highest BCUT2D eigenvalue weighted by Crippen LogP contribution is 2.41. The predicted octanol–water partition coefficient (Wildman–Crippen LogP) is 0.734. The van der Waals surface area contributed by atoms with Crippen LogP contribution in [0.5, 0.6) is 0 Å². The van der Waals surface area contributed by atoms with Gasteiger partial charge < -0.3 is 16.2 Å². The van der Waals surface area contributed by atoms with Crippen molar-refractivity contribution in [1.29, 1.82) is 0 Å². The van der Waals surface area contributed by atoms with Crippen LogP contribution in [0.25, 0.3) is 0 Å². The lowest BCUT2D eigenvalue weighted by Crippen LogP contribution is -2.70. The molecule has 1 fully saturated rings. The van der Waals surface area contributed by atoms with E-state index < -0.39 is 23.3 Å². The third-order valence-electron chi connectivity index (χ3n) is 5.41. The molecule has 1 aromatic carbocycles.